The summed E-state index contributed by atoms with van der Waals surface area (Å²) < 4.78 is 41.0. The Hall–Kier alpha value is -2.48. The molecular weight excluding hydrogens is 401 g/mol. The molecule has 2 atom stereocenters. The Morgan fingerprint density at radius 1 is 1.14 bits per heavy atom. The van der Waals surface area contributed by atoms with Crippen LogP contribution in [0, 0.1) is 17.5 Å². The van der Waals surface area contributed by atoms with E-state index in [1.165, 1.54) is 51.9 Å². The minimum Gasteiger partial charge on any atom is -0.337 e. The number of amides is 2. The summed E-state index contributed by atoms with van der Waals surface area (Å²) in [6, 6.07) is 8.73. The van der Waals surface area contributed by atoms with Gasteiger partial charge in [0.15, 0.2) is 0 Å². The van der Waals surface area contributed by atoms with Gasteiger partial charge >= 0.3 is 0 Å². The Labute approximate surface area is 171 Å². The number of nitrogens with zero attached hydrogens (tertiary/aromatic N) is 2. The minimum atomic E-state index is -0.711. The van der Waals surface area contributed by atoms with Crippen molar-refractivity contribution in [2.75, 3.05) is 19.6 Å². The first-order valence-electron chi connectivity index (χ1n) is 9.27. The highest BCUT2D eigenvalue weighted by Crippen LogP contribution is 2.43. The topological polar surface area (TPSA) is 40.6 Å². The van der Waals surface area contributed by atoms with Gasteiger partial charge < -0.3 is 9.80 Å². The number of hydrogen-bond donors (Lipinski definition) is 0. The number of benzene rings is 2. The number of thioether (sulfide) groups is 1. The molecule has 0 N–H and O–H groups in total. The molecule has 2 amide bonds. The normalized spacial score (nSPS) is 18.9. The van der Waals surface area contributed by atoms with Crippen LogP contribution in [0.15, 0.2) is 42.5 Å². The molecule has 0 bridgehead atoms. The highest BCUT2D eigenvalue weighted by Gasteiger charge is 2.39. The number of likely N-dealkylation sites (N-methyl/N-ethyl adjacent to an activating group) is 1. The van der Waals surface area contributed by atoms with Crippen molar-refractivity contribution in [2.24, 2.45) is 0 Å². The van der Waals surface area contributed by atoms with Gasteiger partial charge in [-0.2, -0.15) is 0 Å². The quantitative estimate of drug-likeness (QED) is 0.700. The standard InChI is InChI=1S/C21H21F3N2O2S/c1-3-25(20(28)14-5-4-6-15(22)11-14)9-10-26-19(27)13(2)29-21(26)17-8-7-16(23)12-18(17)24/h4-8,11-13,21H,3,9-10H2,1-2H3/t13-,21+/m0/s1. The van der Waals surface area contributed by atoms with E-state index in [-0.39, 0.29) is 41.3 Å². The molecule has 0 aliphatic carbocycles. The summed E-state index contributed by atoms with van der Waals surface area (Å²) in [5.74, 6) is -2.41. The predicted octanol–water partition coefficient (Wildman–Crippen LogP) is 4.23. The van der Waals surface area contributed by atoms with E-state index in [1.807, 2.05) is 0 Å². The number of carbonyl (C=O) groups is 2. The van der Waals surface area contributed by atoms with Gasteiger partial charge in [-0.3, -0.25) is 9.59 Å². The van der Waals surface area contributed by atoms with E-state index < -0.39 is 22.8 Å². The fraction of sp³-hybridized carbons (Fsp3) is 0.333. The van der Waals surface area contributed by atoms with Crippen molar-refractivity contribution in [1.82, 2.24) is 9.80 Å². The molecule has 0 spiro atoms. The van der Waals surface area contributed by atoms with Gasteiger partial charge in [0, 0.05) is 36.8 Å². The Balaban J connectivity index is 1.77. The van der Waals surface area contributed by atoms with Gasteiger partial charge in [0.1, 0.15) is 22.8 Å². The van der Waals surface area contributed by atoms with Crippen molar-refractivity contribution in [3.63, 3.8) is 0 Å². The van der Waals surface area contributed by atoms with Gasteiger partial charge in [0.2, 0.25) is 5.91 Å². The Kier molecular flexibility index (Phi) is 6.52. The Bertz CT molecular complexity index is 925. The molecular formula is C21H21F3N2O2S. The van der Waals surface area contributed by atoms with Gasteiger partial charge in [-0.15, -0.1) is 11.8 Å². The summed E-state index contributed by atoms with van der Waals surface area (Å²) in [6.45, 7) is 4.29. The van der Waals surface area contributed by atoms with Crippen molar-refractivity contribution >= 4 is 23.6 Å². The van der Waals surface area contributed by atoms with Crippen molar-refractivity contribution < 1.29 is 22.8 Å². The maximum Gasteiger partial charge on any atom is 0.254 e. The van der Waals surface area contributed by atoms with Crippen molar-refractivity contribution in [1.29, 1.82) is 0 Å². The molecule has 2 aromatic carbocycles. The van der Waals surface area contributed by atoms with Crippen LogP contribution in [0.1, 0.15) is 35.1 Å². The number of carbonyl (C=O) groups excluding carboxylic acids is 2. The average molecular weight is 422 g/mol. The van der Waals surface area contributed by atoms with Crippen LogP contribution in [-0.4, -0.2) is 46.5 Å². The van der Waals surface area contributed by atoms with Crippen molar-refractivity contribution in [2.45, 2.75) is 24.5 Å². The zero-order valence-electron chi connectivity index (χ0n) is 16.1. The number of rotatable bonds is 6. The molecule has 1 heterocycles. The second-order valence-electron chi connectivity index (χ2n) is 6.72. The van der Waals surface area contributed by atoms with Crippen LogP contribution in [0.25, 0.3) is 0 Å². The lowest BCUT2D eigenvalue weighted by Gasteiger charge is -2.28. The molecule has 2 aromatic rings. The summed E-state index contributed by atoms with van der Waals surface area (Å²) in [6.07, 6.45) is 0. The highest BCUT2D eigenvalue weighted by atomic mass is 32.2. The first-order chi connectivity index (χ1) is 13.8. The summed E-state index contributed by atoms with van der Waals surface area (Å²) in [5.41, 5.74) is 0.456. The molecule has 29 heavy (non-hydrogen) atoms. The molecule has 0 radical (unpaired) electrons. The lowest BCUT2D eigenvalue weighted by Crippen LogP contribution is -2.40. The van der Waals surface area contributed by atoms with Gasteiger partial charge in [0.05, 0.1) is 5.25 Å². The Morgan fingerprint density at radius 3 is 2.52 bits per heavy atom. The second kappa shape index (κ2) is 8.90. The van der Waals surface area contributed by atoms with Crippen LogP contribution in [0.5, 0.6) is 0 Å². The molecule has 1 aliphatic heterocycles. The number of hydrogen-bond acceptors (Lipinski definition) is 3. The molecule has 1 fully saturated rings. The summed E-state index contributed by atoms with van der Waals surface area (Å²) >= 11 is 1.28. The van der Waals surface area contributed by atoms with Crippen molar-refractivity contribution in [3.8, 4) is 0 Å². The first-order valence-corrected chi connectivity index (χ1v) is 10.2. The maximum atomic E-state index is 14.3. The average Bonchev–Trinajstić information content (AvgIpc) is 2.96. The molecule has 1 saturated heterocycles. The van der Waals surface area contributed by atoms with E-state index in [1.54, 1.807) is 13.8 Å². The van der Waals surface area contributed by atoms with E-state index in [9.17, 15) is 22.8 Å². The molecule has 3 rings (SSSR count). The van der Waals surface area contributed by atoms with E-state index in [4.69, 9.17) is 0 Å². The predicted molar refractivity (Wildman–Crippen MR) is 106 cm³/mol. The van der Waals surface area contributed by atoms with Crippen molar-refractivity contribution in [3.05, 3.63) is 71.0 Å². The van der Waals surface area contributed by atoms with Gasteiger partial charge in [-0.05, 0) is 38.1 Å². The molecule has 8 heteroatoms. The molecule has 0 unspecified atom stereocenters. The van der Waals surface area contributed by atoms with Crippen LogP contribution < -0.4 is 0 Å². The van der Waals surface area contributed by atoms with E-state index in [0.717, 1.165) is 12.1 Å². The van der Waals surface area contributed by atoms with Crippen LogP contribution in [0.2, 0.25) is 0 Å². The second-order valence-corrected chi connectivity index (χ2v) is 8.15. The summed E-state index contributed by atoms with van der Waals surface area (Å²) in [4.78, 5) is 28.3. The largest absolute Gasteiger partial charge is 0.337 e. The molecule has 154 valence electrons. The third kappa shape index (κ3) is 4.58. The first kappa shape index (κ1) is 21.2. The Morgan fingerprint density at radius 2 is 1.86 bits per heavy atom. The SMILES string of the molecule is CCN(CCN1C(=O)[C@H](C)S[C@@H]1c1ccc(F)cc1F)C(=O)c1cccc(F)c1. The lowest BCUT2D eigenvalue weighted by atomic mass is 10.1. The van der Waals surface area contributed by atoms with Crippen LogP contribution in [0.4, 0.5) is 13.2 Å². The van der Waals surface area contributed by atoms with Gasteiger partial charge in [-0.1, -0.05) is 12.1 Å². The van der Waals surface area contributed by atoms with E-state index in [2.05, 4.69) is 0 Å². The third-order valence-electron chi connectivity index (χ3n) is 4.83. The molecule has 4 nitrogen and oxygen atoms in total. The lowest BCUT2D eigenvalue weighted by molar-refractivity contribution is -0.130. The van der Waals surface area contributed by atoms with Gasteiger partial charge in [0.25, 0.3) is 5.91 Å². The zero-order valence-corrected chi connectivity index (χ0v) is 16.9. The van der Waals surface area contributed by atoms with Crippen LogP contribution in [0.3, 0.4) is 0 Å². The number of halogens is 3. The monoisotopic (exact) mass is 422 g/mol. The molecule has 0 saturated carbocycles. The highest BCUT2D eigenvalue weighted by molar-refractivity contribution is 8.01. The third-order valence-corrected chi connectivity index (χ3v) is 6.20. The molecule has 0 aromatic heterocycles. The maximum absolute atomic E-state index is 14.3. The van der Waals surface area contributed by atoms with E-state index >= 15 is 0 Å². The smallest absolute Gasteiger partial charge is 0.254 e. The van der Waals surface area contributed by atoms with Crippen LogP contribution in [-0.2, 0) is 4.79 Å². The molecule has 1 aliphatic rings. The fourth-order valence-electron chi connectivity index (χ4n) is 3.28. The summed E-state index contributed by atoms with van der Waals surface area (Å²) in [5, 5.41) is -0.973. The van der Waals surface area contributed by atoms with Crippen LogP contribution >= 0.6 is 11.8 Å². The van der Waals surface area contributed by atoms with E-state index in [0.29, 0.717) is 6.54 Å². The minimum absolute atomic E-state index is 0.169. The zero-order chi connectivity index (χ0) is 21.1. The van der Waals surface area contributed by atoms with Gasteiger partial charge in [-0.25, -0.2) is 13.2 Å². The fourth-order valence-corrected chi connectivity index (χ4v) is 4.61. The summed E-state index contributed by atoms with van der Waals surface area (Å²) in [7, 11) is 0.